The Hall–Kier alpha value is -4.11. The van der Waals surface area contributed by atoms with Crippen molar-refractivity contribution in [3.05, 3.63) is 112 Å². The lowest BCUT2D eigenvalue weighted by Crippen LogP contribution is -2.40. The van der Waals surface area contributed by atoms with Crippen LogP contribution in [0, 0.1) is 5.92 Å². The summed E-state index contributed by atoms with van der Waals surface area (Å²) in [7, 11) is 3.28. The van der Waals surface area contributed by atoms with Gasteiger partial charge in [0, 0.05) is 41.8 Å². The lowest BCUT2D eigenvalue weighted by atomic mass is 9.88. The Labute approximate surface area is 268 Å². The van der Waals surface area contributed by atoms with E-state index >= 15 is 0 Å². The highest BCUT2D eigenvalue weighted by Gasteiger charge is 2.42. The molecule has 0 N–H and O–H groups in total. The number of fused-ring (bicyclic) bond motifs is 2. The van der Waals surface area contributed by atoms with Crippen LogP contribution in [0.2, 0.25) is 5.02 Å². The molecular formula is C36H37ClN2O6. The van der Waals surface area contributed by atoms with Gasteiger partial charge in [0.15, 0.2) is 0 Å². The summed E-state index contributed by atoms with van der Waals surface area (Å²) < 4.78 is 22.7. The third kappa shape index (κ3) is 6.64. The monoisotopic (exact) mass is 628 g/mol. The fourth-order valence-corrected chi connectivity index (χ4v) is 6.52. The summed E-state index contributed by atoms with van der Waals surface area (Å²) in [6, 6.07) is 19.0. The van der Waals surface area contributed by atoms with Crippen LogP contribution in [0.5, 0.6) is 5.75 Å². The normalized spacial score (nSPS) is 21.5. The highest BCUT2D eigenvalue weighted by molar-refractivity contribution is 6.30. The average molecular weight is 629 g/mol. The van der Waals surface area contributed by atoms with Gasteiger partial charge in [-0.1, -0.05) is 35.9 Å². The highest BCUT2D eigenvalue weighted by Crippen LogP contribution is 2.41. The molecular weight excluding hydrogens is 592 g/mol. The van der Waals surface area contributed by atoms with Gasteiger partial charge < -0.3 is 23.8 Å². The number of ether oxygens (including phenoxy) is 4. The summed E-state index contributed by atoms with van der Waals surface area (Å²) in [4.78, 5) is 30.8. The van der Waals surface area contributed by atoms with Crippen LogP contribution in [0.25, 0.3) is 10.8 Å². The summed E-state index contributed by atoms with van der Waals surface area (Å²) in [5.74, 6) is 0.884. The molecule has 1 aliphatic carbocycles. The molecule has 1 amide bonds. The maximum absolute atomic E-state index is 13.6. The first-order chi connectivity index (χ1) is 21.8. The number of benzene rings is 3. The van der Waals surface area contributed by atoms with E-state index < -0.39 is 0 Å². The minimum Gasteiger partial charge on any atom is -0.497 e. The Morgan fingerprint density at radius 2 is 1.78 bits per heavy atom. The fourth-order valence-electron chi connectivity index (χ4n) is 6.39. The number of carbonyl (C=O) groups excluding carboxylic acids is 2. The van der Waals surface area contributed by atoms with E-state index in [4.69, 9.17) is 30.5 Å². The predicted octanol–water partition coefficient (Wildman–Crippen LogP) is 6.32. The first kappa shape index (κ1) is 30.9. The molecule has 2 heterocycles. The number of amides is 1. The maximum Gasteiger partial charge on any atom is 0.310 e. The largest absolute Gasteiger partial charge is 0.497 e. The molecule has 234 valence electrons. The lowest BCUT2D eigenvalue weighted by Gasteiger charge is -2.33. The van der Waals surface area contributed by atoms with Crippen molar-refractivity contribution in [2.24, 2.45) is 5.92 Å². The third-order valence-corrected chi connectivity index (χ3v) is 9.09. The zero-order valence-electron chi connectivity index (χ0n) is 25.7. The molecule has 0 aromatic heterocycles. The third-order valence-electron chi connectivity index (χ3n) is 8.84. The van der Waals surface area contributed by atoms with E-state index in [1.54, 1.807) is 43.4 Å². The van der Waals surface area contributed by atoms with Gasteiger partial charge in [-0.25, -0.2) is 0 Å². The molecule has 2 aliphatic heterocycles. The molecule has 3 aromatic rings. The van der Waals surface area contributed by atoms with Crippen LogP contribution in [0.1, 0.15) is 35.4 Å². The van der Waals surface area contributed by atoms with Gasteiger partial charge in [0.1, 0.15) is 18.1 Å². The number of rotatable bonds is 9. The number of carbonyl (C=O) groups is 2. The zero-order valence-corrected chi connectivity index (χ0v) is 26.5. The maximum atomic E-state index is 13.6. The Kier molecular flexibility index (Phi) is 9.26. The highest BCUT2D eigenvalue weighted by atomic mass is 35.5. The lowest BCUT2D eigenvalue weighted by molar-refractivity contribution is -0.143. The van der Waals surface area contributed by atoms with E-state index in [0.717, 1.165) is 39.9 Å². The molecule has 0 radical (unpaired) electrons. The molecule has 9 heteroatoms. The molecule has 1 saturated heterocycles. The SMILES string of the molecule is COC1=CC2C(CC(=O)OCCN3CCOC(c4ccc5cc(OC)ccc5c4)C3)=C(C)N(C(=O)c3ccc(Cl)cc3)C2C=C1. The van der Waals surface area contributed by atoms with Gasteiger partial charge in [-0.05, 0) is 83.4 Å². The van der Waals surface area contributed by atoms with Crippen LogP contribution in [-0.2, 0) is 19.0 Å². The average Bonchev–Trinajstić information content (AvgIpc) is 3.33. The first-order valence-electron chi connectivity index (χ1n) is 15.1. The van der Waals surface area contributed by atoms with Crippen molar-refractivity contribution in [1.82, 2.24) is 9.80 Å². The van der Waals surface area contributed by atoms with Gasteiger partial charge in [0.2, 0.25) is 0 Å². The number of methoxy groups -OCH3 is 2. The van der Waals surface area contributed by atoms with E-state index in [-0.39, 0.29) is 43.0 Å². The van der Waals surface area contributed by atoms with Crippen LogP contribution in [0.4, 0.5) is 0 Å². The molecule has 3 unspecified atom stereocenters. The smallest absolute Gasteiger partial charge is 0.310 e. The number of halogens is 1. The van der Waals surface area contributed by atoms with Crippen molar-refractivity contribution >= 4 is 34.2 Å². The van der Waals surface area contributed by atoms with Gasteiger partial charge in [0.05, 0.1) is 39.4 Å². The topological polar surface area (TPSA) is 77.5 Å². The van der Waals surface area contributed by atoms with Crippen LogP contribution >= 0.6 is 11.6 Å². The number of nitrogens with zero attached hydrogens (tertiary/aromatic N) is 2. The second-order valence-corrected chi connectivity index (χ2v) is 11.9. The van der Waals surface area contributed by atoms with Crippen molar-refractivity contribution in [3.63, 3.8) is 0 Å². The predicted molar refractivity (Wildman–Crippen MR) is 173 cm³/mol. The standard InChI is InChI=1S/C36H37ClN2O6/c1-23-31(32-20-30(43-3)12-13-33(32)39(23)36(41)24-6-9-28(37)10-7-24)21-35(40)45-17-15-38-14-16-44-34(22-38)27-5-4-26-19-29(42-2)11-8-25(26)18-27/h4-13,18-20,32-34H,14-17,21-22H2,1-3H3. The quantitative estimate of drug-likeness (QED) is 0.257. The number of hydrogen-bond acceptors (Lipinski definition) is 7. The molecule has 3 atom stereocenters. The second-order valence-electron chi connectivity index (χ2n) is 11.5. The van der Waals surface area contributed by atoms with Crippen LogP contribution in [0.3, 0.4) is 0 Å². The molecule has 6 rings (SSSR count). The molecule has 1 fully saturated rings. The zero-order chi connectivity index (χ0) is 31.5. The molecule has 8 nitrogen and oxygen atoms in total. The number of morpholine rings is 1. The molecule has 0 bridgehead atoms. The van der Waals surface area contributed by atoms with Gasteiger partial charge in [-0.2, -0.15) is 0 Å². The summed E-state index contributed by atoms with van der Waals surface area (Å²) in [6.45, 7) is 4.86. The van der Waals surface area contributed by atoms with Crippen LogP contribution in [0.15, 0.2) is 95.9 Å². The Bertz CT molecular complexity index is 1680. The van der Waals surface area contributed by atoms with E-state index in [1.165, 1.54) is 0 Å². The van der Waals surface area contributed by atoms with E-state index in [1.807, 2.05) is 37.3 Å². The fraction of sp³-hybridized carbons (Fsp3) is 0.333. The van der Waals surface area contributed by atoms with Crippen molar-refractivity contribution in [3.8, 4) is 5.75 Å². The number of allylic oxidation sites excluding steroid dienone is 2. The van der Waals surface area contributed by atoms with Crippen molar-refractivity contribution in [2.75, 3.05) is 47.1 Å². The van der Waals surface area contributed by atoms with Crippen LogP contribution in [-0.4, -0.2) is 74.8 Å². The number of esters is 1. The van der Waals surface area contributed by atoms with Crippen LogP contribution < -0.4 is 4.74 Å². The molecule has 0 spiro atoms. The van der Waals surface area contributed by atoms with E-state index in [9.17, 15) is 9.59 Å². The summed E-state index contributed by atoms with van der Waals surface area (Å²) >= 11 is 6.05. The minimum absolute atomic E-state index is 0.0607. The van der Waals surface area contributed by atoms with E-state index in [2.05, 4.69) is 29.2 Å². The second kappa shape index (κ2) is 13.5. The Balaban J connectivity index is 1.08. The Morgan fingerprint density at radius 3 is 2.56 bits per heavy atom. The van der Waals surface area contributed by atoms with Crippen molar-refractivity contribution < 1.29 is 28.5 Å². The molecule has 3 aromatic carbocycles. The van der Waals surface area contributed by atoms with Crippen molar-refractivity contribution in [2.45, 2.75) is 25.5 Å². The number of hydrogen-bond donors (Lipinski definition) is 0. The van der Waals surface area contributed by atoms with Gasteiger partial charge in [-0.3, -0.25) is 14.5 Å². The summed E-state index contributed by atoms with van der Waals surface area (Å²) in [5.41, 5.74) is 3.26. The molecule has 3 aliphatic rings. The molecule has 45 heavy (non-hydrogen) atoms. The van der Waals surface area contributed by atoms with Gasteiger partial charge >= 0.3 is 5.97 Å². The van der Waals surface area contributed by atoms with Gasteiger partial charge in [-0.15, -0.1) is 0 Å². The molecule has 0 saturated carbocycles. The first-order valence-corrected chi connectivity index (χ1v) is 15.5. The van der Waals surface area contributed by atoms with E-state index in [0.29, 0.717) is 36.0 Å². The Morgan fingerprint density at radius 1 is 1.00 bits per heavy atom. The van der Waals surface area contributed by atoms with Gasteiger partial charge in [0.25, 0.3) is 5.91 Å². The summed E-state index contributed by atoms with van der Waals surface area (Å²) in [6.07, 6.45) is 5.83. The minimum atomic E-state index is -0.319. The summed E-state index contributed by atoms with van der Waals surface area (Å²) in [5, 5.41) is 2.82. The van der Waals surface area contributed by atoms with Crippen molar-refractivity contribution in [1.29, 1.82) is 0 Å².